The SMILES string of the molecule is Cc1cc2nc(-c3ccc(N4CCCCC4)cc3)[nH]c2cc1Cl. The van der Waals surface area contributed by atoms with Crippen molar-refractivity contribution in [2.45, 2.75) is 26.2 Å². The highest BCUT2D eigenvalue weighted by molar-refractivity contribution is 6.32. The van der Waals surface area contributed by atoms with Gasteiger partial charge in [-0.2, -0.15) is 0 Å². The van der Waals surface area contributed by atoms with Crippen LogP contribution in [0.4, 0.5) is 5.69 Å². The van der Waals surface area contributed by atoms with Crippen LogP contribution in [-0.2, 0) is 0 Å². The summed E-state index contributed by atoms with van der Waals surface area (Å²) < 4.78 is 0. The Labute approximate surface area is 141 Å². The van der Waals surface area contributed by atoms with Crippen LogP contribution in [0.3, 0.4) is 0 Å². The zero-order chi connectivity index (χ0) is 15.8. The highest BCUT2D eigenvalue weighted by Gasteiger charge is 2.12. The first-order valence-corrected chi connectivity index (χ1v) is 8.60. The van der Waals surface area contributed by atoms with E-state index in [1.54, 1.807) is 0 Å². The second kappa shape index (κ2) is 5.89. The van der Waals surface area contributed by atoms with Crippen molar-refractivity contribution < 1.29 is 0 Å². The van der Waals surface area contributed by atoms with E-state index in [0.29, 0.717) is 0 Å². The van der Waals surface area contributed by atoms with E-state index in [0.717, 1.165) is 33.0 Å². The first kappa shape index (κ1) is 14.6. The Hall–Kier alpha value is -2.00. The summed E-state index contributed by atoms with van der Waals surface area (Å²) >= 11 is 6.20. The van der Waals surface area contributed by atoms with E-state index in [2.05, 4.69) is 34.1 Å². The minimum absolute atomic E-state index is 0.771. The Kier molecular flexibility index (Phi) is 3.74. The van der Waals surface area contributed by atoms with Gasteiger partial charge in [0.05, 0.1) is 11.0 Å². The standard InChI is InChI=1S/C19H20ClN3/c1-13-11-17-18(12-16(13)20)22-19(21-17)14-5-7-15(8-6-14)23-9-3-2-4-10-23/h5-8,11-12H,2-4,9-10H2,1H3,(H,21,22). The molecule has 1 aromatic heterocycles. The molecule has 118 valence electrons. The molecule has 4 heteroatoms. The number of benzene rings is 2. The van der Waals surface area contributed by atoms with Crippen LogP contribution in [0.25, 0.3) is 22.4 Å². The van der Waals surface area contributed by atoms with Crippen molar-refractivity contribution in [2.24, 2.45) is 0 Å². The number of aryl methyl sites for hydroxylation is 1. The van der Waals surface area contributed by atoms with Crippen molar-refractivity contribution in [2.75, 3.05) is 18.0 Å². The summed E-state index contributed by atoms with van der Waals surface area (Å²) in [5, 5.41) is 0.771. The van der Waals surface area contributed by atoms with Gasteiger partial charge in [0, 0.05) is 29.4 Å². The fourth-order valence-corrected chi connectivity index (χ4v) is 3.42. The van der Waals surface area contributed by atoms with Gasteiger partial charge in [0.25, 0.3) is 0 Å². The number of hydrogen-bond acceptors (Lipinski definition) is 2. The third kappa shape index (κ3) is 2.81. The van der Waals surface area contributed by atoms with Gasteiger partial charge >= 0.3 is 0 Å². The van der Waals surface area contributed by atoms with Gasteiger partial charge in [-0.15, -0.1) is 0 Å². The molecular formula is C19H20ClN3. The maximum atomic E-state index is 6.20. The molecule has 0 bridgehead atoms. The van der Waals surface area contributed by atoms with E-state index in [-0.39, 0.29) is 0 Å². The molecule has 1 aliphatic heterocycles. The summed E-state index contributed by atoms with van der Waals surface area (Å²) in [7, 11) is 0. The molecule has 0 aliphatic carbocycles. The van der Waals surface area contributed by atoms with Gasteiger partial charge in [-0.25, -0.2) is 4.98 Å². The smallest absolute Gasteiger partial charge is 0.138 e. The topological polar surface area (TPSA) is 31.9 Å². The molecule has 0 saturated carbocycles. The first-order valence-electron chi connectivity index (χ1n) is 8.22. The third-order valence-electron chi connectivity index (χ3n) is 4.62. The van der Waals surface area contributed by atoms with Gasteiger partial charge in [-0.3, -0.25) is 0 Å². The lowest BCUT2D eigenvalue weighted by Crippen LogP contribution is -2.29. The predicted octanol–water partition coefficient (Wildman–Crippen LogP) is 5.18. The number of H-pyrrole nitrogens is 1. The fraction of sp³-hybridized carbons (Fsp3) is 0.316. The molecule has 0 atom stereocenters. The molecule has 0 amide bonds. The number of nitrogens with one attached hydrogen (secondary N) is 1. The molecule has 2 aromatic carbocycles. The summed E-state index contributed by atoms with van der Waals surface area (Å²) in [6.07, 6.45) is 3.95. The van der Waals surface area contributed by atoms with Crippen LogP contribution in [0.15, 0.2) is 36.4 Å². The zero-order valence-corrected chi connectivity index (χ0v) is 14.0. The van der Waals surface area contributed by atoms with Gasteiger partial charge in [-0.1, -0.05) is 11.6 Å². The minimum atomic E-state index is 0.771. The number of nitrogens with zero attached hydrogens (tertiary/aromatic N) is 2. The number of halogens is 1. The fourth-order valence-electron chi connectivity index (χ4n) is 3.25. The second-order valence-electron chi connectivity index (χ2n) is 6.30. The number of fused-ring (bicyclic) bond motifs is 1. The summed E-state index contributed by atoms with van der Waals surface area (Å²) in [5.74, 6) is 0.895. The van der Waals surface area contributed by atoms with Crippen LogP contribution in [-0.4, -0.2) is 23.1 Å². The summed E-state index contributed by atoms with van der Waals surface area (Å²) in [4.78, 5) is 10.5. The highest BCUT2D eigenvalue weighted by Crippen LogP contribution is 2.27. The van der Waals surface area contributed by atoms with Crippen LogP contribution in [0.5, 0.6) is 0 Å². The van der Waals surface area contributed by atoms with Crippen LogP contribution < -0.4 is 4.90 Å². The average molecular weight is 326 g/mol. The molecular weight excluding hydrogens is 306 g/mol. The summed E-state index contributed by atoms with van der Waals surface area (Å²) in [5.41, 5.74) is 5.41. The lowest BCUT2D eigenvalue weighted by atomic mass is 10.1. The maximum absolute atomic E-state index is 6.20. The lowest BCUT2D eigenvalue weighted by Gasteiger charge is -2.28. The van der Waals surface area contributed by atoms with E-state index < -0.39 is 0 Å². The predicted molar refractivity (Wildman–Crippen MR) is 97.3 cm³/mol. The number of aromatic amines is 1. The quantitative estimate of drug-likeness (QED) is 0.703. The van der Waals surface area contributed by atoms with Gasteiger partial charge in [0.15, 0.2) is 0 Å². The molecule has 3 aromatic rings. The van der Waals surface area contributed by atoms with Gasteiger partial charge in [0.1, 0.15) is 5.82 Å². The molecule has 2 heterocycles. The largest absolute Gasteiger partial charge is 0.372 e. The van der Waals surface area contributed by atoms with Crippen LogP contribution in [0.1, 0.15) is 24.8 Å². The monoisotopic (exact) mass is 325 g/mol. The summed E-state index contributed by atoms with van der Waals surface area (Å²) in [6.45, 7) is 4.34. The van der Waals surface area contributed by atoms with E-state index in [1.165, 1.54) is 38.0 Å². The molecule has 1 fully saturated rings. The van der Waals surface area contributed by atoms with Gasteiger partial charge in [0.2, 0.25) is 0 Å². The Balaban J connectivity index is 1.65. The third-order valence-corrected chi connectivity index (χ3v) is 5.03. The number of anilines is 1. The summed E-state index contributed by atoms with van der Waals surface area (Å²) in [6, 6.07) is 12.7. The Bertz CT molecular complexity index is 791. The maximum Gasteiger partial charge on any atom is 0.138 e. The molecule has 0 radical (unpaired) electrons. The minimum Gasteiger partial charge on any atom is -0.372 e. The zero-order valence-electron chi connectivity index (χ0n) is 13.3. The lowest BCUT2D eigenvalue weighted by molar-refractivity contribution is 0.578. The van der Waals surface area contributed by atoms with Crippen molar-refractivity contribution in [3.63, 3.8) is 0 Å². The number of rotatable bonds is 2. The molecule has 1 N–H and O–H groups in total. The number of aromatic nitrogens is 2. The van der Waals surface area contributed by atoms with Crippen molar-refractivity contribution in [3.8, 4) is 11.4 Å². The van der Waals surface area contributed by atoms with E-state index in [9.17, 15) is 0 Å². The molecule has 1 aliphatic rings. The average Bonchev–Trinajstić information content (AvgIpc) is 2.99. The van der Waals surface area contributed by atoms with Crippen molar-refractivity contribution >= 4 is 28.3 Å². The molecule has 0 spiro atoms. The molecule has 23 heavy (non-hydrogen) atoms. The number of piperidine rings is 1. The van der Waals surface area contributed by atoms with Crippen LogP contribution in [0.2, 0.25) is 5.02 Å². The molecule has 0 unspecified atom stereocenters. The Morgan fingerprint density at radius 1 is 1.04 bits per heavy atom. The van der Waals surface area contributed by atoms with Crippen molar-refractivity contribution in [3.05, 3.63) is 47.0 Å². The van der Waals surface area contributed by atoms with Gasteiger partial charge < -0.3 is 9.88 Å². The Morgan fingerprint density at radius 3 is 2.52 bits per heavy atom. The van der Waals surface area contributed by atoms with E-state index >= 15 is 0 Å². The van der Waals surface area contributed by atoms with Gasteiger partial charge in [-0.05, 0) is 68.1 Å². The first-order chi connectivity index (χ1) is 11.2. The Morgan fingerprint density at radius 2 is 1.78 bits per heavy atom. The number of imidazole rings is 1. The van der Waals surface area contributed by atoms with E-state index in [1.807, 2.05) is 19.1 Å². The number of hydrogen-bond donors (Lipinski definition) is 1. The van der Waals surface area contributed by atoms with Crippen molar-refractivity contribution in [1.82, 2.24) is 9.97 Å². The normalized spacial score (nSPS) is 15.3. The van der Waals surface area contributed by atoms with Crippen molar-refractivity contribution in [1.29, 1.82) is 0 Å². The molecule has 3 nitrogen and oxygen atoms in total. The molecule has 4 rings (SSSR count). The van der Waals surface area contributed by atoms with E-state index in [4.69, 9.17) is 16.6 Å². The van der Waals surface area contributed by atoms with Crippen LogP contribution >= 0.6 is 11.6 Å². The highest BCUT2D eigenvalue weighted by atomic mass is 35.5. The van der Waals surface area contributed by atoms with Crippen LogP contribution in [0, 0.1) is 6.92 Å². The second-order valence-corrected chi connectivity index (χ2v) is 6.71. The molecule has 1 saturated heterocycles.